The Morgan fingerprint density at radius 2 is 1.44 bits per heavy atom. The summed E-state index contributed by atoms with van der Waals surface area (Å²) >= 11 is -0.542. The summed E-state index contributed by atoms with van der Waals surface area (Å²) in [6.45, 7) is 5.94. The van der Waals surface area contributed by atoms with Crippen molar-refractivity contribution < 1.29 is 6.20 Å². The van der Waals surface area contributed by atoms with E-state index in [4.69, 9.17) is 6.20 Å². The Hall–Kier alpha value is 0.710. The van der Waals surface area contributed by atoms with E-state index in [1.54, 1.807) is 0 Å². The van der Waals surface area contributed by atoms with Gasteiger partial charge in [0.2, 0.25) is 0 Å². The predicted octanol–water partition coefficient (Wildman–Crippen LogP) is 1.37. The Bertz CT molecular complexity index is 44.3. The molecule has 0 spiro atoms. The zero-order valence-electron chi connectivity index (χ0n) is 6.05. The van der Waals surface area contributed by atoms with Crippen LogP contribution in [-0.4, -0.2) is 35.0 Å². The van der Waals surface area contributed by atoms with Crippen molar-refractivity contribution in [3.8, 4) is 0 Å². The van der Waals surface area contributed by atoms with Crippen LogP contribution in [0.4, 0.5) is 0 Å². The van der Waals surface area contributed by atoms with E-state index in [0.29, 0.717) is 0 Å². The minimum atomic E-state index is -0.542. The second-order valence-electron chi connectivity index (χ2n) is 1.71. The molecule has 0 aromatic carbocycles. The molecule has 56 valence electrons. The van der Waals surface area contributed by atoms with Gasteiger partial charge in [-0.25, -0.2) is 0 Å². The van der Waals surface area contributed by atoms with Crippen LogP contribution in [0.3, 0.4) is 0 Å². The molecular formula is C6H14O2Te. The monoisotopic (exact) mass is 248 g/mol. The molecule has 0 rings (SSSR count). The van der Waals surface area contributed by atoms with Gasteiger partial charge in [-0.1, -0.05) is 0 Å². The van der Waals surface area contributed by atoms with Gasteiger partial charge in [0.25, 0.3) is 0 Å². The van der Waals surface area contributed by atoms with Crippen LogP contribution in [-0.2, 0) is 6.20 Å². The average Bonchev–Trinajstić information content (AvgIpc) is 1.89. The summed E-state index contributed by atoms with van der Waals surface area (Å²) in [5.74, 6) is 0. The third kappa shape index (κ3) is 8.71. The maximum atomic E-state index is 5.19. The molecule has 0 saturated carbocycles. The fraction of sp³-hybridized carbons (Fsp3) is 1.00. The van der Waals surface area contributed by atoms with E-state index in [-0.39, 0.29) is 0 Å². The molecule has 0 atom stereocenters. The van der Waals surface area contributed by atoms with E-state index in [0.717, 1.165) is 26.1 Å². The minimum absolute atomic E-state index is 0.542. The normalized spacial score (nSPS) is 10.0. The molecule has 0 aliphatic carbocycles. The van der Waals surface area contributed by atoms with Gasteiger partial charge in [0.15, 0.2) is 0 Å². The molecule has 0 fully saturated rings. The van der Waals surface area contributed by atoms with Crippen LogP contribution in [0, 0.1) is 0 Å². The molecule has 0 heterocycles. The van der Waals surface area contributed by atoms with Crippen LogP contribution < -0.4 is 0 Å². The molecule has 0 aromatic heterocycles. The summed E-state index contributed by atoms with van der Waals surface area (Å²) in [7, 11) is 0. The van der Waals surface area contributed by atoms with Crippen LogP contribution in [0.5, 0.6) is 0 Å². The van der Waals surface area contributed by atoms with Gasteiger partial charge < -0.3 is 0 Å². The Morgan fingerprint density at radius 3 is 1.78 bits per heavy atom. The van der Waals surface area contributed by atoms with Gasteiger partial charge in [0.1, 0.15) is 0 Å². The number of hydrogen-bond donors (Lipinski definition) is 0. The van der Waals surface area contributed by atoms with Crippen LogP contribution >= 0.6 is 0 Å². The van der Waals surface area contributed by atoms with Gasteiger partial charge >= 0.3 is 67.9 Å². The van der Waals surface area contributed by atoms with Crippen molar-refractivity contribution in [2.24, 2.45) is 0 Å². The standard InChI is InChI=1S/C6H14O2Te/c1-3-5-7-9-8-6-4-2/h3-6H2,1-2H3. The Kier molecular flexibility index (Phi) is 9.40. The van der Waals surface area contributed by atoms with Crippen molar-refractivity contribution in [2.75, 3.05) is 13.2 Å². The molecule has 0 aromatic rings. The summed E-state index contributed by atoms with van der Waals surface area (Å²) < 4.78 is 10.4. The van der Waals surface area contributed by atoms with Crippen molar-refractivity contribution >= 4 is 21.7 Å². The van der Waals surface area contributed by atoms with Gasteiger partial charge in [0, 0.05) is 0 Å². The Morgan fingerprint density at radius 1 is 1.00 bits per heavy atom. The van der Waals surface area contributed by atoms with Crippen molar-refractivity contribution in [1.29, 1.82) is 0 Å². The number of hydrogen-bond acceptors (Lipinski definition) is 2. The van der Waals surface area contributed by atoms with Crippen molar-refractivity contribution in [3.05, 3.63) is 0 Å². The van der Waals surface area contributed by atoms with Gasteiger partial charge in [-0.15, -0.1) is 0 Å². The van der Waals surface area contributed by atoms with E-state index in [1.807, 2.05) is 0 Å². The second kappa shape index (κ2) is 8.71. The molecule has 0 amide bonds. The van der Waals surface area contributed by atoms with Gasteiger partial charge in [-0.05, 0) is 0 Å². The van der Waals surface area contributed by atoms with Crippen molar-refractivity contribution in [2.45, 2.75) is 26.7 Å². The molecule has 2 nitrogen and oxygen atoms in total. The SMILES string of the molecule is CCCO[Te]OCCC. The van der Waals surface area contributed by atoms with Crippen LogP contribution in [0.25, 0.3) is 0 Å². The van der Waals surface area contributed by atoms with Crippen LogP contribution in [0.2, 0.25) is 0 Å². The number of rotatable bonds is 6. The molecule has 0 bridgehead atoms. The van der Waals surface area contributed by atoms with Gasteiger partial charge in [-0.2, -0.15) is 0 Å². The molecule has 0 N–H and O–H groups in total. The zero-order chi connectivity index (χ0) is 6.95. The van der Waals surface area contributed by atoms with E-state index >= 15 is 0 Å². The summed E-state index contributed by atoms with van der Waals surface area (Å²) in [6, 6.07) is 0. The maximum absolute atomic E-state index is 5.19. The van der Waals surface area contributed by atoms with Gasteiger partial charge in [0.05, 0.1) is 0 Å². The first-order valence-corrected chi connectivity index (χ1v) is 5.23. The van der Waals surface area contributed by atoms with E-state index < -0.39 is 21.7 Å². The Balaban J connectivity index is 2.60. The molecule has 0 radical (unpaired) electrons. The first-order chi connectivity index (χ1) is 4.41. The summed E-state index contributed by atoms with van der Waals surface area (Å²) in [5.41, 5.74) is 0. The van der Waals surface area contributed by atoms with Crippen LogP contribution in [0.15, 0.2) is 0 Å². The quantitative estimate of drug-likeness (QED) is 0.520. The van der Waals surface area contributed by atoms with Crippen LogP contribution in [0.1, 0.15) is 26.7 Å². The molecule has 3 heteroatoms. The fourth-order valence-corrected chi connectivity index (χ4v) is 1.80. The molecule has 9 heavy (non-hydrogen) atoms. The molecule has 0 saturated heterocycles. The van der Waals surface area contributed by atoms with E-state index in [9.17, 15) is 0 Å². The zero-order valence-corrected chi connectivity index (χ0v) is 8.38. The summed E-state index contributed by atoms with van der Waals surface area (Å²) in [4.78, 5) is 0. The topological polar surface area (TPSA) is 18.5 Å². The predicted molar refractivity (Wildman–Crippen MR) is 38.2 cm³/mol. The van der Waals surface area contributed by atoms with Crippen molar-refractivity contribution in [3.63, 3.8) is 0 Å². The third-order valence-corrected chi connectivity index (χ3v) is 2.17. The first-order valence-electron chi connectivity index (χ1n) is 3.32. The molecular weight excluding hydrogens is 232 g/mol. The second-order valence-corrected chi connectivity index (χ2v) is 3.45. The Labute approximate surface area is 68.1 Å². The molecule has 0 aliphatic rings. The van der Waals surface area contributed by atoms with Crippen molar-refractivity contribution in [1.82, 2.24) is 0 Å². The first kappa shape index (κ1) is 9.71. The summed E-state index contributed by atoms with van der Waals surface area (Å²) in [6.07, 6.45) is 2.19. The third-order valence-electron chi connectivity index (χ3n) is 0.671. The summed E-state index contributed by atoms with van der Waals surface area (Å²) in [5, 5.41) is 0. The molecule has 0 aliphatic heterocycles. The average molecular weight is 246 g/mol. The van der Waals surface area contributed by atoms with E-state index in [1.165, 1.54) is 0 Å². The fourth-order valence-electron chi connectivity index (χ4n) is 0.269. The molecule has 0 unspecified atom stereocenters. The van der Waals surface area contributed by atoms with E-state index in [2.05, 4.69) is 13.8 Å². The van der Waals surface area contributed by atoms with Gasteiger partial charge in [-0.3, -0.25) is 0 Å².